The van der Waals surface area contributed by atoms with Crippen molar-refractivity contribution in [3.63, 3.8) is 0 Å². The molecule has 5 nitrogen and oxygen atoms in total. The van der Waals surface area contributed by atoms with Gasteiger partial charge in [0, 0.05) is 12.3 Å². The molecule has 0 radical (unpaired) electrons. The summed E-state index contributed by atoms with van der Waals surface area (Å²) in [6.07, 6.45) is 1.69. The van der Waals surface area contributed by atoms with E-state index in [2.05, 4.69) is 4.98 Å². The molecule has 0 atom stereocenters. The van der Waals surface area contributed by atoms with Crippen molar-refractivity contribution in [2.24, 2.45) is 0 Å². The molecule has 0 aliphatic rings. The third-order valence-corrected chi connectivity index (χ3v) is 3.42. The number of ether oxygens (including phenoxy) is 4. The van der Waals surface area contributed by atoms with Crippen molar-refractivity contribution in [1.29, 1.82) is 0 Å². The lowest BCUT2D eigenvalue weighted by atomic mass is 10.3. The van der Waals surface area contributed by atoms with Crippen LogP contribution in [0, 0.1) is 0 Å². The Morgan fingerprint density at radius 2 is 1.19 bits per heavy atom. The first-order valence-corrected chi connectivity index (χ1v) is 8.47. The van der Waals surface area contributed by atoms with Crippen molar-refractivity contribution in [2.45, 2.75) is 0 Å². The summed E-state index contributed by atoms with van der Waals surface area (Å²) in [7, 11) is 0. The first-order valence-electron chi connectivity index (χ1n) is 8.47. The van der Waals surface area contributed by atoms with Gasteiger partial charge >= 0.3 is 0 Å². The van der Waals surface area contributed by atoms with Gasteiger partial charge in [0.15, 0.2) is 0 Å². The minimum atomic E-state index is 0.478. The molecule has 0 spiro atoms. The zero-order chi connectivity index (χ0) is 17.9. The van der Waals surface area contributed by atoms with E-state index in [0.29, 0.717) is 38.1 Å². The van der Waals surface area contributed by atoms with Crippen LogP contribution in [-0.4, -0.2) is 31.4 Å². The molecule has 1 aromatic heterocycles. The molecule has 0 N–H and O–H groups in total. The second-order valence-corrected chi connectivity index (χ2v) is 5.36. The lowest BCUT2D eigenvalue weighted by Gasteiger charge is -2.09. The average molecular weight is 351 g/mol. The summed E-state index contributed by atoms with van der Waals surface area (Å²) in [5.74, 6) is 2.89. The maximum atomic E-state index is 5.64. The van der Waals surface area contributed by atoms with Crippen LogP contribution in [0.15, 0.2) is 79.0 Å². The van der Waals surface area contributed by atoms with Gasteiger partial charge in [-0.05, 0) is 42.5 Å². The summed E-state index contributed by atoms with van der Waals surface area (Å²) in [5.41, 5.74) is 0. The molecule has 0 amide bonds. The third kappa shape index (κ3) is 6.11. The first kappa shape index (κ1) is 17.8. The highest BCUT2D eigenvalue weighted by Crippen LogP contribution is 2.22. The summed E-state index contributed by atoms with van der Waals surface area (Å²) in [6.45, 7) is 2.02. The molecule has 0 saturated heterocycles. The maximum absolute atomic E-state index is 5.64. The fourth-order valence-electron chi connectivity index (χ4n) is 2.19. The number of benzene rings is 2. The fourth-order valence-corrected chi connectivity index (χ4v) is 2.19. The van der Waals surface area contributed by atoms with E-state index in [0.717, 1.165) is 11.5 Å². The molecule has 0 unspecified atom stereocenters. The summed E-state index contributed by atoms with van der Waals surface area (Å²) in [5, 5.41) is 0. The summed E-state index contributed by atoms with van der Waals surface area (Å²) >= 11 is 0. The van der Waals surface area contributed by atoms with Gasteiger partial charge in [-0.25, -0.2) is 4.98 Å². The minimum Gasteiger partial charge on any atom is -0.491 e. The topological polar surface area (TPSA) is 49.8 Å². The quantitative estimate of drug-likeness (QED) is 0.508. The lowest BCUT2D eigenvalue weighted by Crippen LogP contribution is -2.12. The third-order valence-electron chi connectivity index (χ3n) is 3.42. The summed E-state index contributed by atoms with van der Waals surface area (Å²) in [6, 6.07) is 22.6. The second kappa shape index (κ2) is 10.1. The lowest BCUT2D eigenvalue weighted by molar-refractivity contribution is 0.0764. The largest absolute Gasteiger partial charge is 0.491 e. The van der Waals surface area contributed by atoms with Gasteiger partial charge in [-0.3, -0.25) is 0 Å². The van der Waals surface area contributed by atoms with E-state index < -0.39 is 0 Å². The standard InChI is InChI=1S/C21H21NO4/c1-2-6-18(7-3-1)24-16-14-23-15-17-25-19-9-11-20(12-10-19)26-21-8-4-5-13-22-21/h1-13H,14-17H2. The SMILES string of the molecule is c1ccc(OCCOCCOc2ccc(Oc3ccccn3)cc2)cc1. The molecule has 0 aliphatic carbocycles. The van der Waals surface area contributed by atoms with Crippen LogP contribution in [-0.2, 0) is 4.74 Å². The Bertz CT molecular complexity index is 748. The molecule has 134 valence electrons. The Morgan fingerprint density at radius 3 is 1.85 bits per heavy atom. The van der Waals surface area contributed by atoms with Crippen molar-refractivity contribution >= 4 is 0 Å². The van der Waals surface area contributed by atoms with Gasteiger partial charge in [-0.1, -0.05) is 24.3 Å². The number of aromatic nitrogens is 1. The predicted molar refractivity (Wildman–Crippen MR) is 99.0 cm³/mol. The van der Waals surface area contributed by atoms with E-state index in [1.807, 2.05) is 72.8 Å². The van der Waals surface area contributed by atoms with E-state index >= 15 is 0 Å². The van der Waals surface area contributed by atoms with E-state index in [-0.39, 0.29) is 0 Å². The molecule has 26 heavy (non-hydrogen) atoms. The van der Waals surface area contributed by atoms with Crippen LogP contribution in [0.25, 0.3) is 0 Å². The molecule has 0 saturated carbocycles. The van der Waals surface area contributed by atoms with Gasteiger partial charge in [0.25, 0.3) is 0 Å². The molecule has 0 aliphatic heterocycles. The predicted octanol–water partition coefficient (Wildman–Crippen LogP) is 4.35. The van der Waals surface area contributed by atoms with E-state index in [1.165, 1.54) is 0 Å². The number of nitrogens with zero attached hydrogens (tertiary/aromatic N) is 1. The maximum Gasteiger partial charge on any atom is 0.219 e. The van der Waals surface area contributed by atoms with Gasteiger partial charge in [0.05, 0.1) is 13.2 Å². The van der Waals surface area contributed by atoms with Crippen molar-refractivity contribution in [3.05, 3.63) is 79.0 Å². The number of para-hydroxylation sites is 1. The molecule has 5 heteroatoms. The molecule has 2 aromatic carbocycles. The average Bonchev–Trinajstić information content (AvgIpc) is 2.70. The smallest absolute Gasteiger partial charge is 0.219 e. The highest BCUT2D eigenvalue weighted by molar-refractivity contribution is 5.33. The van der Waals surface area contributed by atoms with E-state index in [4.69, 9.17) is 18.9 Å². The Hall–Kier alpha value is -3.05. The van der Waals surface area contributed by atoms with Gasteiger partial charge in [0.1, 0.15) is 30.5 Å². The van der Waals surface area contributed by atoms with Gasteiger partial charge < -0.3 is 18.9 Å². The highest BCUT2D eigenvalue weighted by Gasteiger charge is 1.99. The molecule has 0 fully saturated rings. The zero-order valence-corrected chi connectivity index (χ0v) is 14.4. The van der Waals surface area contributed by atoms with Crippen LogP contribution < -0.4 is 14.2 Å². The molecule has 0 bridgehead atoms. The second-order valence-electron chi connectivity index (χ2n) is 5.36. The van der Waals surface area contributed by atoms with Crippen LogP contribution in [0.1, 0.15) is 0 Å². The van der Waals surface area contributed by atoms with Crippen LogP contribution in [0.5, 0.6) is 23.1 Å². The molecule has 1 heterocycles. The Kier molecular flexibility index (Phi) is 6.87. The summed E-state index contributed by atoms with van der Waals surface area (Å²) < 4.78 is 22.3. The van der Waals surface area contributed by atoms with Gasteiger partial charge in [0.2, 0.25) is 5.88 Å². The fraction of sp³-hybridized carbons (Fsp3) is 0.190. The van der Waals surface area contributed by atoms with E-state index in [1.54, 1.807) is 6.20 Å². The van der Waals surface area contributed by atoms with Crippen molar-refractivity contribution in [3.8, 4) is 23.1 Å². The minimum absolute atomic E-state index is 0.478. The highest BCUT2D eigenvalue weighted by atomic mass is 16.5. The molecular weight excluding hydrogens is 330 g/mol. The van der Waals surface area contributed by atoms with Crippen LogP contribution >= 0.6 is 0 Å². The number of hydrogen-bond donors (Lipinski definition) is 0. The van der Waals surface area contributed by atoms with Crippen LogP contribution in [0.3, 0.4) is 0 Å². The van der Waals surface area contributed by atoms with Crippen molar-refractivity contribution in [2.75, 3.05) is 26.4 Å². The normalized spacial score (nSPS) is 10.3. The van der Waals surface area contributed by atoms with Crippen LogP contribution in [0.4, 0.5) is 0 Å². The van der Waals surface area contributed by atoms with Gasteiger partial charge in [-0.2, -0.15) is 0 Å². The Labute approximate surface area is 153 Å². The van der Waals surface area contributed by atoms with Crippen molar-refractivity contribution in [1.82, 2.24) is 4.98 Å². The zero-order valence-electron chi connectivity index (χ0n) is 14.4. The van der Waals surface area contributed by atoms with E-state index in [9.17, 15) is 0 Å². The number of rotatable bonds is 10. The Balaban J connectivity index is 1.29. The Morgan fingerprint density at radius 1 is 0.577 bits per heavy atom. The van der Waals surface area contributed by atoms with Crippen LogP contribution in [0.2, 0.25) is 0 Å². The summed E-state index contributed by atoms with van der Waals surface area (Å²) in [4.78, 5) is 4.12. The molecule has 3 aromatic rings. The van der Waals surface area contributed by atoms with Gasteiger partial charge in [-0.15, -0.1) is 0 Å². The molecule has 3 rings (SSSR count). The number of pyridine rings is 1. The van der Waals surface area contributed by atoms with Crippen molar-refractivity contribution < 1.29 is 18.9 Å². The number of hydrogen-bond acceptors (Lipinski definition) is 5. The first-order chi connectivity index (χ1) is 12.9. The molecular formula is C21H21NO4. The monoisotopic (exact) mass is 351 g/mol.